The van der Waals surface area contributed by atoms with Crippen molar-refractivity contribution in [1.29, 1.82) is 0 Å². The van der Waals surface area contributed by atoms with E-state index in [-0.39, 0.29) is 18.3 Å². The van der Waals surface area contributed by atoms with Crippen molar-refractivity contribution in [2.75, 3.05) is 26.3 Å². The Morgan fingerprint density at radius 3 is 2.96 bits per heavy atom. The largest absolute Gasteiger partial charge is 0.486 e. The minimum absolute atomic E-state index is 0. The molecule has 0 aromatic heterocycles. The van der Waals surface area contributed by atoms with Crippen LogP contribution in [-0.4, -0.2) is 32.2 Å². The van der Waals surface area contributed by atoms with Gasteiger partial charge < -0.3 is 20.1 Å². The third kappa shape index (κ3) is 5.40. The van der Waals surface area contributed by atoms with Gasteiger partial charge in [-0.05, 0) is 55.5 Å². The minimum Gasteiger partial charge on any atom is -0.486 e. The Morgan fingerprint density at radius 2 is 2.20 bits per heavy atom. The van der Waals surface area contributed by atoms with Crippen molar-refractivity contribution in [2.45, 2.75) is 32.7 Å². The first-order chi connectivity index (χ1) is 11.6. The molecule has 0 radical (unpaired) electrons. The second kappa shape index (κ2) is 9.51. The Morgan fingerprint density at radius 1 is 1.40 bits per heavy atom. The highest BCUT2D eigenvalue weighted by molar-refractivity contribution is 6.32. The smallest absolute Gasteiger partial charge is 0.220 e. The Labute approximate surface area is 160 Å². The molecule has 1 fully saturated rings. The van der Waals surface area contributed by atoms with Crippen molar-refractivity contribution in [3.8, 4) is 11.5 Å². The molecule has 1 aromatic carbocycles. The van der Waals surface area contributed by atoms with Gasteiger partial charge >= 0.3 is 0 Å². The van der Waals surface area contributed by atoms with Gasteiger partial charge in [0.05, 0.1) is 5.02 Å². The van der Waals surface area contributed by atoms with Crippen LogP contribution in [0.1, 0.15) is 31.7 Å². The molecule has 2 aliphatic rings. The standard InChI is InChI=1S/C18H25ClN2O3.ClH/c1-12(14-3-2-4-20-11-14)7-17(22)21-10-13-8-15(19)18-16(9-13)23-5-6-24-18;/h8-9,12,14,20H,2-7,10-11H2,1H3,(H,21,22);1H. The van der Waals surface area contributed by atoms with Crippen molar-refractivity contribution in [2.24, 2.45) is 11.8 Å². The lowest BCUT2D eigenvalue weighted by Crippen LogP contribution is -2.35. The number of hydrogen-bond donors (Lipinski definition) is 2. The van der Waals surface area contributed by atoms with E-state index in [1.165, 1.54) is 12.8 Å². The van der Waals surface area contributed by atoms with E-state index in [4.69, 9.17) is 21.1 Å². The molecular formula is C18H26Cl2N2O3. The van der Waals surface area contributed by atoms with E-state index in [0.29, 0.717) is 54.5 Å². The number of ether oxygens (including phenoxy) is 2. The molecular weight excluding hydrogens is 363 g/mol. The molecule has 7 heteroatoms. The fraction of sp³-hybridized carbons (Fsp3) is 0.611. The van der Waals surface area contributed by atoms with E-state index in [1.54, 1.807) is 0 Å². The number of carbonyl (C=O) groups is 1. The summed E-state index contributed by atoms with van der Waals surface area (Å²) in [7, 11) is 0. The van der Waals surface area contributed by atoms with Crippen LogP contribution in [0.4, 0.5) is 0 Å². The molecule has 140 valence electrons. The number of carbonyl (C=O) groups excluding carboxylic acids is 1. The van der Waals surface area contributed by atoms with Crippen molar-refractivity contribution in [3.63, 3.8) is 0 Å². The quantitative estimate of drug-likeness (QED) is 0.812. The summed E-state index contributed by atoms with van der Waals surface area (Å²) in [6.07, 6.45) is 2.97. The summed E-state index contributed by atoms with van der Waals surface area (Å²) in [5, 5.41) is 6.92. The number of hydrogen-bond acceptors (Lipinski definition) is 4. The fourth-order valence-corrected chi connectivity index (χ4v) is 3.65. The molecule has 1 amide bonds. The third-order valence-corrected chi connectivity index (χ3v) is 5.07. The summed E-state index contributed by atoms with van der Waals surface area (Å²) < 4.78 is 11.1. The first-order valence-corrected chi connectivity index (χ1v) is 9.06. The predicted molar refractivity (Wildman–Crippen MR) is 101 cm³/mol. The zero-order chi connectivity index (χ0) is 16.9. The molecule has 0 spiro atoms. The van der Waals surface area contributed by atoms with Crippen molar-refractivity contribution in [3.05, 3.63) is 22.7 Å². The molecule has 1 saturated heterocycles. The molecule has 0 saturated carbocycles. The van der Waals surface area contributed by atoms with Gasteiger partial charge in [0.1, 0.15) is 13.2 Å². The molecule has 2 N–H and O–H groups in total. The second-order valence-corrected chi connectivity index (χ2v) is 7.07. The Bertz CT molecular complexity index is 592. The van der Waals surface area contributed by atoms with Crippen LogP contribution in [0.3, 0.4) is 0 Å². The Hall–Kier alpha value is -1.17. The van der Waals surface area contributed by atoms with Crippen LogP contribution in [0.2, 0.25) is 5.02 Å². The molecule has 0 bridgehead atoms. The van der Waals surface area contributed by atoms with Crippen LogP contribution in [0, 0.1) is 11.8 Å². The van der Waals surface area contributed by atoms with Gasteiger partial charge in [0.15, 0.2) is 11.5 Å². The summed E-state index contributed by atoms with van der Waals surface area (Å²) in [6.45, 7) is 5.76. The fourth-order valence-electron chi connectivity index (χ4n) is 3.36. The van der Waals surface area contributed by atoms with Gasteiger partial charge in [0.25, 0.3) is 0 Å². The lowest BCUT2D eigenvalue weighted by Gasteiger charge is -2.28. The van der Waals surface area contributed by atoms with Crippen molar-refractivity contribution >= 4 is 29.9 Å². The van der Waals surface area contributed by atoms with Crippen LogP contribution < -0.4 is 20.1 Å². The van der Waals surface area contributed by atoms with Crippen LogP contribution >= 0.6 is 24.0 Å². The SMILES string of the molecule is CC(CC(=O)NCc1cc(Cl)c2c(c1)OCCO2)C1CCCNC1.Cl. The number of nitrogens with one attached hydrogen (secondary N) is 2. The molecule has 5 nitrogen and oxygen atoms in total. The van der Waals surface area contributed by atoms with Crippen LogP contribution in [0.15, 0.2) is 12.1 Å². The maximum absolute atomic E-state index is 12.2. The number of rotatable bonds is 5. The van der Waals surface area contributed by atoms with Gasteiger partial charge in [0, 0.05) is 13.0 Å². The number of amides is 1. The predicted octanol–water partition coefficient (Wildman–Crippen LogP) is 3.18. The van der Waals surface area contributed by atoms with Gasteiger partial charge in [-0.2, -0.15) is 0 Å². The zero-order valence-electron chi connectivity index (χ0n) is 14.5. The van der Waals surface area contributed by atoms with E-state index in [9.17, 15) is 4.79 Å². The third-order valence-electron chi connectivity index (χ3n) is 4.79. The van der Waals surface area contributed by atoms with Gasteiger partial charge in [-0.1, -0.05) is 18.5 Å². The number of halogens is 2. The number of benzene rings is 1. The first kappa shape index (κ1) is 20.1. The molecule has 2 aliphatic heterocycles. The molecule has 25 heavy (non-hydrogen) atoms. The molecule has 3 rings (SSSR count). The van der Waals surface area contributed by atoms with E-state index in [2.05, 4.69) is 17.6 Å². The maximum Gasteiger partial charge on any atom is 0.220 e. The lowest BCUT2D eigenvalue weighted by molar-refractivity contribution is -0.122. The van der Waals surface area contributed by atoms with Gasteiger partial charge in [-0.15, -0.1) is 12.4 Å². The highest BCUT2D eigenvalue weighted by Crippen LogP contribution is 2.38. The van der Waals surface area contributed by atoms with E-state index in [0.717, 1.165) is 18.7 Å². The van der Waals surface area contributed by atoms with E-state index in [1.807, 2.05) is 12.1 Å². The summed E-state index contributed by atoms with van der Waals surface area (Å²) in [5.74, 6) is 2.31. The van der Waals surface area contributed by atoms with Crippen molar-refractivity contribution < 1.29 is 14.3 Å². The maximum atomic E-state index is 12.2. The molecule has 0 aliphatic carbocycles. The average molecular weight is 389 g/mol. The Kier molecular flexibility index (Phi) is 7.66. The summed E-state index contributed by atoms with van der Waals surface area (Å²) in [6, 6.07) is 3.71. The highest BCUT2D eigenvalue weighted by Gasteiger charge is 2.22. The van der Waals surface area contributed by atoms with Crippen LogP contribution in [0.25, 0.3) is 0 Å². The first-order valence-electron chi connectivity index (χ1n) is 8.69. The average Bonchev–Trinajstić information content (AvgIpc) is 2.61. The van der Waals surface area contributed by atoms with Crippen LogP contribution in [-0.2, 0) is 11.3 Å². The van der Waals surface area contributed by atoms with E-state index < -0.39 is 0 Å². The summed E-state index contributed by atoms with van der Waals surface area (Å²) >= 11 is 6.22. The zero-order valence-corrected chi connectivity index (χ0v) is 16.0. The highest BCUT2D eigenvalue weighted by atomic mass is 35.5. The molecule has 2 atom stereocenters. The van der Waals surface area contributed by atoms with Crippen molar-refractivity contribution in [1.82, 2.24) is 10.6 Å². The summed E-state index contributed by atoms with van der Waals surface area (Å²) in [5.41, 5.74) is 0.921. The number of piperidine rings is 1. The minimum atomic E-state index is 0. The second-order valence-electron chi connectivity index (χ2n) is 6.67. The molecule has 1 aromatic rings. The number of fused-ring (bicyclic) bond motifs is 1. The normalized spacial score (nSPS) is 20.3. The molecule has 2 heterocycles. The van der Waals surface area contributed by atoms with Gasteiger partial charge in [0.2, 0.25) is 5.91 Å². The van der Waals surface area contributed by atoms with Gasteiger partial charge in [-0.25, -0.2) is 0 Å². The summed E-state index contributed by atoms with van der Waals surface area (Å²) in [4.78, 5) is 12.2. The Balaban J connectivity index is 0.00000225. The van der Waals surface area contributed by atoms with E-state index >= 15 is 0 Å². The topological polar surface area (TPSA) is 59.6 Å². The monoisotopic (exact) mass is 388 g/mol. The molecule has 2 unspecified atom stereocenters. The lowest BCUT2D eigenvalue weighted by atomic mass is 9.85. The van der Waals surface area contributed by atoms with Crippen LogP contribution in [0.5, 0.6) is 11.5 Å². The van der Waals surface area contributed by atoms with Gasteiger partial charge in [-0.3, -0.25) is 4.79 Å².